The number of hydrogen-bond donors (Lipinski definition) is 1. The fourth-order valence-corrected chi connectivity index (χ4v) is 2.64. The molecule has 0 spiro atoms. The predicted molar refractivity (Wildman–Crippen MR) is 88.2 cm³/mol. The van der Waals surface area contributed by atoms with Gasteiger partial charge in [0.05, 0.1) is 16.0 Å². The van der Waals surface area contributed by atoms with E-state index in [9.17, 15) is 20.0 Å². The van der Waals surface area contributed by atoms with Crippen LogP contribution >= 0.6 is 11.6 Å². The summed E-state index contributed by atoms with van der Waals surface area (Å²) in [5.41, 5.74) is 0.780. The number of nitrogens with zero attached hydrogens (tertiary/aromatic N) is 3. The highest BCUT2D eigenvalue weighted by atomic mass is 35.5. The van der Waals surface area contributed by atoms with Gasteiger partial charge >= 0.3 is 0 Å². The molecule has 0 bridgehead atoms. The van der Waals surface area contributed by atoms with Gasteiger partial charge in [0.1, 0.15) is 17.0 Å². The number of carbonyl (C=O) groups is 1. The first-order valence-corrected chi connectivity index (χ1v) is 7.42. The number of hydrogen-bond acceptors (Lipinski definition) is 5. The lowest BCUT2D eigenvalue weighted by molar-refractivity contribution is -0.384. The molecule has 8 heteroatoms. The lowest BCUT2D eigenvalue weighted by atomic mass is 10.1. The highest BCUT2D eigenvalue weighted by molar-refractivity contribution is 6.32. The Morgan fingerprint density at radius 1 is 1.33 bits per heavy atom. The molecule has 0 aliphatic rings. The maximum Gasteiger partial charge on any atom is 0.288 e. The molecule has 3 rings (SSSR count). The van der Waals surface area contributed by atoms with E-state index in [4.69, 9.17) is 11.6 Å². The monoisotopic (exact) mass is 345 g/mol. The molecule has 0 aliphatic heterocycles. The molecule has 24 heavy (non-hydrogen) atoms. The summed E-state index contributed by atoms with van der Waals surface area (Å²) in [5.74, 6) is -0.363. The van der Waals surface area contributed by atoms with Crippen LogP contribution in [0.25, 0.3) is 11.0 Å². The van der Waals surface area contributed by atoms with Gasteiger partial charge in [-0.1, -0.05) is 23.7 Å². The van der Waals surface area contributed by atoms with Gasteiger partial charge in [-0.05, 0) is 31.2 Å². The van der Waals surface area contributed by atoms with Crippen molar-refractivity contribution in [3.63, 3.8) is 0 Å². The van der Waals surface area contributed by atoms with Crippen molar-refractivity contribution in [1.29, 1.82) is 0 Å². The lowest BCUT2D eigenvalue weighted by Gasteiger charge is -2.10. The summed E-state index contributed by atoms with van der Waals surface area (Å²) < 4.78 is 1.26. The van der Waals surface area contributed by atoms with Crippen LogP contribution in [0.3, 0.4) is 0 Å². The molecule has 122 valence electrons. The maximum absolute atomic E-state index is 12.9. The fraction of sp³-hybridized carbons (Fsp3) is 0.125. The van der Waals surface area contributed by atoms with E-state index in [0.29, 0.717) is 11.0 Å². The van der Waals surface area contributed by atoms with E-state index in [1.165, 1.54) is 23.6 Å². The van der Waals surface area contributed by atoms with Gasteiger partial charge in [-0.15, -0.1) is 0 Å². The SMILES string of the molecule is CC(O)c1nc2ccccc2n1C(=O)c1ccc(Cl)c([N+](=O)[O-])c1. The minimum atomic E-state index is -0.983. The van der Waals surface area contributed by atoms with Crippen molar-refractivity contribution in [3.8, 4) is 0 Å². The molecule has 1 atom stereocenters. The Morgan fingerprint density at radius 3 is 2.71 bits per heavy atom. The van der Waals surface area contributed by atoms with E-state index in [-0.39, 0.29) is 22.1 Å². The highest BCUT2D eigenvalue weighted by Gasteiger charge is 2.23. The lowest BCUT2D eigenvalue weighted by Crippen LogP contribution is -2.17. The molecular weight excluding hydrogens is 334 g/mol. The third-order valence-corrected chi connectivity index (χ3v) is 3.87. The Hall–Kier alpha value is -2.77. The van der Waals surface area contributed by atoms with Gasteiger partial charge in [0.25, 0.3) is 11.6 Å². The number of rotatable bonds is 3. The van der Waals surface area contributed by atoms with Crippen LogP contribution in [0.5, 0.6) is 0 Å². The van der Waals surface area contributed by atoms with Gasteiger partial charge in [-0.2, -0.15) is 0 Å². The summed E-state index contributed by atoms with van der Waals surface area (Å²) in [7, 11) is 0. The number of fused-ring (bicyclic) bond motifs is 1. The van der Waals surface area contributed by atoms with Crippen molar-refractivity contribution in [2.45, 2.75) is 13.0 Å². The van der Waals surface area contributed by atoms with E-state index < -0.39 is 16.9 Å². The summed E-state index contributed by atoms with van der Waals surface area (Å²) in [4.78, 5) is 27.5. The van der Waals surface area contributed by atoms with Crippen LogP contribution in [0.15, 0.2) is 42.5 Å². The number of halogens is 1. The second-order valence-electron chi connectivity index (χ2n) is 5.20. The molecule has 1 N–H and O–H groups in total. The van der Waals surface area contributed by atoms with Gasteiger partial charge in [-0.25, -0.2) is 4.98 Å². The van der Waals surface area contributed by atoms with Crippen LogP contribution in [-0.4, -0.2) is 25.5 Å². The van der Waals surface area contributed by atoms with Crippen LogP contribution in [-0.2, 0) is 0 Å². The van der Waals surface area contributed by atoms with Crippen LogP contribution in [0, 0.1) is 10.1 Å². The molecule has 1 unspecified atom stereocenters. The Kier molecular flexibility index (Phi) is 4.04. The second-order valence-corrected chi connectivity index (χ2v) is 5.61. The minimum absolute atomic E-state index is 0.0530. The van der Waals surface area contributed by atoms with Gasteiger partial charge < -0.3 is 5.11 Å². The number of aliphatic hydroxyl groups is 1. The van der Waals surface area contributed by atoms with Crippen LogP contribution < -0.4 is 0 Å². The molecule has 0 saturated heterocycles. The third kappa shape index (κ3) is 2.64. The standard InChI is InChI=1S/C16H12ClN3O4/c1-9(21)15-18-12-4-2-3-5-13(12)19(15)16(22)10-6-7-11(17)14(8-10)20(23)24/h2-9,21H,1H3. The Balaban J connectivity index is 2.21. The topological polar surface area (TPSA) is 98.3 Å². The summed E-state index contributed by atoms with van der Waals surface area (Å²) in [5, 5.41) is 20.9. The zero-order valence-electron chi connectivity index (χ0n) is 12.5. The number of carbonyl (C=O) groups excluding carboxylic acids is 1. The summed E-state index contributed by atoms with van der Waals surface area (Å²) in [6, 6.07) is 10.7. The molecule has 0 saturated carbocycles. The van der Waals surface area contributed by atoms with Crippen molar-refractivity contribution in [2.75, 3.05) is 0 Å². The molecule has 0 aliphatic carbocycles. The Labute approximate surface area is 141 Å². The molecule has 3 aromatic rings. The molecule has 1 heterocycles. The van der Waals surface area contributed by atoms with E-state index in [1.54, 1.807) is 24.3 Å². The highest BCUT2D eigenvalue weighted by Crippen LogP contribution is 2.27. The van der Waals surface area contributed by atoms with Crippen LogP contribution in [0.2, 0.25) is 5.02 Å². The summed E-state index contributed by atoms with van der Waals surface area (Å²) >= 11 is 5.79. The molecule has 2 aromatic carbocycles. The van der Waals surface area contributed by atoms with Gasteiger partial charge in [0.15, 0.2) is 0 Å². The van der Waals surface area contributed by atoms with Crippen molar-refractivity contribution in [2.24, 2.45) is 0 Å². The van der Waals surface area contributed by atoms with E-state index >= 15 is 0 Å². The molecule has 0 amide bonds. The molecule has 1 aromatic heterocycles. The van der Waals surface area contributed by atoms with E-state index in [2.05, 4.69) is 4.98 Å². The molecule has 0 fully saturated rings. The predicted octanol–water partition coefficient (Wildman–Crippen LogP) is 3.34. The van der Waals surface area contributed by atoms with Gasteiger partial charge in [0.2, 0.25) is 0 Å². The quantitative estimate of drug-likeness (QED) is 0.579. The number of benzene rings is 2. The summed E-state index contributed by atoms with van der Waals surface area (Å²) in [6.07, 6.45) is -0.983. The maximum atomic E-state index is 12.9. The van der Waals surface area contributed by atoms with Crippen molar-refractivity contribution in [3.05, 3.63) is 69.0 Å². The fourth-order valence-electron chi connectivity index (χ4n) is 2.45. The third-order valence-electron chi connectivity index (χ3n) is 3.55. The zero-order valence-corrected chi connectivity index (χ0v) is 13.3. The number of nitro groups is 1. The zero-order chi connectivity index (χ0) is 17.4. The first-order valence-electron chi connectivity index (χ1n) is 7.04. The van der Waals surface area contributed by atoms with E-state index in [1.807, 2.05) is 0 Å². The van der Waals surface area contributed by atoms with Crippen molar-refractivity contribution in [1.82, 2.24) is 9.55 Å². The largest absolute Gasteiger partial charge is 0.385 e. The first kappa shape index (κ1) is 16.1. The van der Waals surface area contributed by atoms with Crippen molar-refractivity contribution < 1.29 is 14.8 Å². The molecule has 7 nitrogen and oxygen atoms in total. The van der Waals surface area contributed by atoms with Gasteiger partial charge in [-0.3, -0.25) is 19.5 Å². The number of imidazole rings is 1. The average Bonchev–Trinajstić information content (AvgIpc) is 2.94. The van der Waals surface area contributed by atoms with Gasteiger partial charge in [0, 0.05) is 11.6 Å². The molecular formula is C16H12ClN3O4. The normalized spacial score (nSPS) is 12.3. The number of aromatic nitrogens is 2. The van der Waals surface area contributed by atoms with Crippen LogP contribution in [0.4, 0.5) is 5.69 Å². The number of aliphatic hydroxyl groups excluding tert-OH is 1. The van der Waals surface area contributed by atoms with Crippen molar-refractivity contribution >= 4 is 34.2 Å². The summed E-state index contributed by atoms with van der Waals surface area (Å²) in [6.45, 7) is 1.50. The number of nitro benzene ring substituents is 1. The second kappa shape index (κ2) is 6.03. The Bertz CT molecular complexity index is 965. The average molecular weight is 346 g/mol. The molecule has 0 radical (unpaired) electrons. The Morgan fingerprint density at radius 2 is 2.04 bits per heavy atom. The first-order chi connectivity index (χ1) is 11.4. The number of para-hydroxylation sites is 2. The smallest absolute Gasteiger partial charge is 0.288 e. The van der Waals surface area contributed by atoms with E-state index in [0.717, 1.165) is 6.07 Å². The minimum Gasteiger partial charge on any atom is -0.385 e. The van der Waals surface area contributed by atoms with Crippen LogP contribution in [0.1, 0.15) is 29.2 Å².